The van der Waals surface area contributed by atoms with Crippen molar-refractivity contribution in [3.05, 3.63) is 119 Å². The molecule has 0 radical (unpaired) electrons. The lowest BCUT2D eigenvalue weighted by molar-refractivity contribution is 0.114. The van der Waals surface area contributed by atoms with Crippen molar-refractivity contribution < 1.29 is 18.7 Å². The number of nitrogens with zero attached hydrogens (tertiary/aromatic N) is 4. The SMILES string of the molecule is O=C(N1CCCCC1Cc1ccccc1)n1cnc(C(O)(c2ccc(F)cc2)c2ccc(F)cc2)n1. The van der Waals surface area contributed by atoms with Gasteiger partial charge in [-0.05, 0) is 66.6 Å². The molecular weight excluding hydrogens is 462 g/mol. The Morgan fingerprint density at radius 2 is 1.53 bits per heavy atom. The van der Waals surface area contributed by atoms with Gasteiger partial charge in [0.15, 0.2) is 11.4 Å². The minimum atomic E-state index is -1.92. The summed E-state index contributed by atoms with van der Waals surface area (Å²) in [6.07, 6.45) is 4.84. The monoisotopic (exact) mass is 488 g/mol. The normalized spacial score (nSPS) is 16.2. The summed E-state index contributed by atoms with van der Waals surface area (Å²) in [4.78, 5) is 19.6. The van der Waals surface area contributed by atoms with E-state index in [0.29, 0.717) is 17.7 Å². The second kappa shape index (κ2) is 9.99. The zero-order valence-electron chi connectivity index (χ0n) is 19.6. The molecule has 1 unspecified atom stereocenters. The minimum Gasteiger partial charge on any atom is -0.373 e. The van der Waals surface area contributed by atoms with Crippen molar-refractivity contribution in [1.29, 1.82) is 0 Å². The van der Waals surface area contributed by atoms with Crippen LogP contribution in [-0.2, 0) is 12.0 Å². The quantitative estimate of drug-likeness (QED) is 0.434. The fourth-order valence-electron chi connectivity index (χ4n) is 4.81. The first-order valence-corrected chi connectivity index (χ1v) is 12.0. The molecule has 0 bridgehead atoms. The number of amides is 1. The van der Waals surface area contributed by atoms with Crippen molar-refractivity contribution in [2.75, 3.05) is 6.54 Å². The summed E-state index contributed by atoms with van der Waals surface area (Å²) >= 11 is 0. The lowest BCUT2D eigenvalue weighted by Gasteiger charge is -2.35. The number of rotatable bonds is 5. The van der Waals surface area contributed by atoms with Crippen molar-refractivity contribution in [1.82, 2.24) is 19.7 Å². The number of aromatic nitrogens is 3. The number of hydrogen-bond donors (Lipinski definition) is 1. The topological polar surface area (TPSA) is 71.2 Å². The lowest BCUT2D eigenvalue weighted by Crippen LogP contribution is -2.47. The fraction of sp³-hybridized carbons (Fsp3) is 0.250. The van der Waals surface area contributed by atoms with Crippen molar-refractivity contribution in [3.8, 4) is 0 Å². The van der Waals surface area contributed by atoms with E-state index in [9.17, 15) is 18.7 Å². The Kier molecular flexibility index (Phi) is 6.61. The van der Waals surface area contributed by atoms with Gasteiger partial charge in [0.1, 0.15) is 18.0 Å². The third-order valence-electron chi connectivity index (χ3n) is 6.72. The van der Waals surface area contributed by atoms with Gasteiger partial charge in [0, 0.05) is 12.6 Å². The minimum absolute atomic E-state index is 0.0226. The summed E-state index contributed by atoms with van der Waals surface area (Å²) in [6, 6.07) is 20.3. The smallest absolute Gasteiger partial charge is 0.346 e. The zero-order chi connectivity index (χ0) is 25.1. The molecule has 5 rings (SSSR count). The van der Waals surface area contributed by atoms with E-state index in [0.717, 1.165) is 35.9 Å². The number of carbonyl (C=O) groups is 1. The van der Waals surface area contributed by atoms with Crippen molar-refractivity contribution in [2.24, 2.45) is 0 Å². The molecule has 184 valence electrons. The average molecular weight is 489 g/mol. The van der Waals surface area contributed by atoms with E-state index in [1.54, 1.807) is 0 Å². The standard InChI is InChI=1S/C28H26F2N4O2/c29-23-13-9-21(10-14-23)28(36,22-11-15-24(30)16-12-22)26-31-19-34(32-26)27(35)33-17-5-4-8-25(33)18-20-6-2-1-3-7-20/h1-3,6-7,9-16,19,25,36H,4-5,8,17-18H2. The van der Waals surface area contributed by atoms with E-state index in [-0.39, 0.29) is 17.9 Å². The molecule has 1 fully saturated rings. The summed E-state index contributed by atoms with van der Waals surface area (Å²) < 4.78 is 28.4. The summed E-state index contributed by atoms with van der Waals surface area (Å²) in [6.45, 7) is 0.603. The Morgan fingerprint density at radius 1 is 0.917 bits per heavy atom. The highest BCUT2D eigenvalue weighted by molar-refractivity contribution is 5.76. The van der Waals surface area contributed by atoms with Gasteiger partial charge in [0.25, 0.3) is 0 Å². The van der Waals surface area contributed by atoms with Crippen LogP contribution in [0.5, 0.6) is 0 Å². The highest BCUT2D eigenvalue weighted by Crippen LogP contribution is 2.35. The summed E-state index contributed by atoms with van der Waals surface area (Å²) in [5.74, 6) is -1.00. The number of piperidine rings is 1. The lowest BCUT2D eigenvalue weighted by atomic mass is 9.85. The third kappa shape index (κ3) is 4.64. The first-order valence-electron chi connectivity index (χ1n) is 12.0. The molecule has 3 aromatic carbocycles. The third-order valence-corrected chi connectivity index (χ3v) is 6.72. The fourth-order valence-corrected chi connectivity index (χ4v) is 4.81. The molecule has 4 aromatic rings. The number of benzene rings is 3. The number of carbonyl (C=O) groups excluding carboxylic acids is 1. The number of hydrogen-bond acceptors (Lipinski definition) is 4. The van der Waals surface area contributed by atoms with Gasteiger partial charge in [-0.1, -0.05) is 54.6 Å². The summed E-state index contributed by atoms with van der Waals surface area (Å²) in [5, 5.41) is 16.2. The van der Waals surface area contributed by atoms with Gasteiger partial charge in [-0.2, -0.15) is 4.68 Å². The maximum Gasteiger partial charge on any atom is 0.346 e. The molecule has 2 heterocycles. The van der Waals surface area contributed by atoms with E-state index in [1.165, 1.54) is 54.9 Å². The van der Waals surface area contributed by atoms with E-state index < -0.39 is 17.2 Å². The van der Waals surface area contributed by atoms with E-state index in [2.05, 4.69) is 22.2 Å². The van der Waals surface area contributed by atoms with Gasteiger partial charge >= 0.3 is 6.03 Å². The van der Waals surface area contributed by atoms with Gasteiger partial charge in [-0.3, -0.25) is 0 Å². The van der Waals surface area contributed by atoms with Crippen LogP contribution in [0.25, 0.3) is 0 Å². The largest absolute Gasteiger partial charge is 0.373 e. The van der Waals surface area contributed by atoms with Crippen LogP contribution in [0.1, 0.15) is 41.8 Å². The van der Waals surface area contributed by atoms with Crippen LogP contribution in [0.4, 0.5) is 13.6 Å². The van der Waals surface area contributed by atoms with Crippen molar-refractivity contribution >= 4 is 6.03 Å². The molecule has 1 atom stereocenters. The Labute approximate surface area is 207 Å². The Balaban J connectivity index is 1.48. The molecule has 1 aromatic heterocycles. The first kappa shape index (κ1) is 23.8. The second-order valence-electron chi connectivity index (χ2n) is 9.05. The van der Waals surface area contributed by atoms with E-state index in [4.69, 9.17) is 0 Å². The van der Waals surface area contributed by atoms with Crippen LogP contribution in [-0.4, -0.2) is 43.4 Å². The highest BCUT2D eigenvalue weighted by atomic mass is 19.1. The van der Waals surface area contributed by atoms with Crippen molar-refractivity contribution in [3.63, 3.8) is 0 Å². The number of halogens is 2. The van der Waals surface area contributed by atoms with Crippen LogP contribution >= 0.6 is 0 Å². The predicted octanol–water partition coefficient (Wildman–Crippen LogP) is 4.91. The Bertz CT molecular complexity index is 1280. The molecular formula is C28H26F2N4O2. The van der Waals surface area contributed by atoms with Crippen LogP contribution in [0.15, 0.2) is 85.2 Å². The number of aliphatic hydroxyl groups is 1. The van der Waals surface area contributed by atoms with Crippen LogP contribution < -0.4 is 0 Å². The van der Waals surface area contributed by atoms with E-state index >= 15 is 0 Å². The average Bonchev–Trinajstić information content (AvgIpc) is 3.41. The summed E-state index contributed by atoms with van der Waals surface area (Å²) in [5.41, 5.74) is -0.178. The predicted molar refractivity (Wildman–Crippen MR) is 130 cm³/mol. The van der Waals surface area contributed by atoms with Crippen LogP contribution in [0.3, 0.4) is 0 Å². The molecule has 1 N–H and O–H groups in total. The molecule has 0 aliphatic carbocycles. The molecule has 36 heavy (non-hydrogen) atoms. The van der Waals surface area contributed by atoms with Gasteiger partial charge < -0.3 is 10.0 Å². The molecule has 1 saturated heterocycles. The van der Waals surface area contributed by atoms with E-state index in [1.807, 2.05) is 23.1 Å². The first-order chi connectivity index (χ1) is 17.4. The molecule has 6 nitrogen and oxygen atoms in total. The second-order valence-corrected chi connectivity index (χ2v) is 9.05. The number of likely N-dealkylation sites (tertiary alicyclic amines) is 1. The molecule has 1 aliphatic rings. The molecule has 0 spiro atoms. The van der Waals surface area contributed by atoms with Crippen LogP contribution in [0.2, 0.25) is 0 Å². The van der Waals surface area contributed by atoms with Gasteiger partial charge in [-0.25, -0.2) is 18.6 Å². The van der Waals surface area contributed by atoms with Gasteiger partial charge in [-0.15, -0.1) is 5.10 Å². The molecule has 1 aliphatic heterocycles. The molecule has 0 saturated carbocycles. The molecule has 1 amide bonds. The van der Waals surface area contributed by atoms with Crippen molar-refractivity contribution in [2.45, 2.75) is 37.3 Å². The highest BCUT2D eigenvalue weighted by Gasteiger charge is 2.39. The van der Waals surface area contributed by atoms with Gasteiger partial charge in [0.2, 0.25) is 0 Å². The maximum absolute atomic E-state index is 13.6. The van der Waals surface area contributed by atoms with Crippen LogP contribution in [0, 0.1) is 11.6 Å². The molecule has 8 heteroatoms. The maximum atomic E-state index is 13.6. The zero-order valence-corrected chi connectivity index (χ0v) is 19.6. The Morgan fingerprint density at radius 3 is 2.14 bits per heavy atom. The summed E-state index contributed by atoms with van der Waals surface area (Å²) in [7, 11) is 0. The Hall–Kier alpha value is -3.91. The van der Waals surface area contributed by atoms with Gasteiger partial charge in [0.05, 0.1) is 0 Å².